The van der Waals surface area contributed by atoms with E-state index < -0.39 is 21.1 Å². The van der Waals surface area contributed by atoms with Crippen molar-refractivity contribution in [2.24, 2.45) is 0 Å². The normalized spacial score (nSPS) is 11.6. The van der Waals surface area contributed by atoms with Crippen LogP contribution in [0.1, 0.15) is 78.6 Å². The molecule has 0 spiro atoms. The van der Waals surface area contributed by atoms with E-state index >= 15 is 0 Å². The van der Waals surface area contributed by atoms with E-state index in [1.54, 1.807) is 2.89 Å². The summed E-state index contributed by atoms with van der Waals surface area (Å²) in [7, 11) is 0. The van der Waals surface area contributed by atoms with Crippen molar-refractivity contribution in [2.45, 2.75) is 82.0 Å². The van der Waals surface area contributed by atoms with E-state index in [0.717, 1.165) is 0 Å². The first-order chi connectivity index (χ1) is 15.7. The number of para-hydroxylation sites is 2. The van der Waals surface area contributed by atoms with Crippen LogP contribution in [0.5, 0.6) is 0 Å². The molecule has 0 aliphatic heterocycles. The Morgan fingerprint density at radius 2 is 1.12 bits per heavy atom. The maximum absolute atomic E-state index is 2.48. The van der Waals surface area contributed by atoms with Crippen LogP contribution in [0.15, 0.2) is 72.8 Å². The number of hydrogen-bond donors (Lipinski definition) is 0. The van der Waals surface area contributed by atoms with Gasteiger partial charge in [-0.3, -0.25) is 0 Å². The summed E-state index contributed by atoms with van der Waals surface area (Å²) in [6.07, 6.45) is 12.5. The van der Waals surface area contributed by atoms with Gasteiger partial charge in [-0.15, -0.1) is 0 Å². The summed E-state index contributed by atoms with van der Waals surface area (Å²) in [5.41, 5.74) is 2.48. The monoisotopic (exact) mass is 553 g/mol. The van der Waals surface area contributed by atoms with Gasteiger partial charge in [0, 0.05) is 0 Å². The van der Waals surface area contributed by atoms with E-state index in [9.17, 15) is 0 Å². The summed E-state index contributed by atoms with van der Waals surface area (Å²) in [5, 5.41) is 1.36. The van der Waals surface area contributed by atoms with Gasteiger partial charge >= 0.3 is 211 Å². The van der Waals surface area contributed by atoms with Crippen molar-refractivity contribution in [3.8, 4) is 0 Å². The molecule has 0 atom stereocenters. The molecule has 0 aliphatic carbocycles. The van der Waals surface area contributed by atoms with Gasteiger partial charge in [-0.1, -0.05) is 0 Å². The number of thiophene rings is 1. The van der Waals surface area contributed by atoms with Crippen LogP contribution in [-0.4, -0.2) is 21.1 Å². The van der Waals surface area contributed by atoms with Gasteiger partial charge in [0.2, 0.25) is 0 Å². The average molecular weight is 552 g/mol. The van der Waals surface area contributed by atoms with Gasteiger partial charge in [0.05, 0.1) is 0 Å². The number of anilines is 3. The Morgan fingerprint density at radius 3 is 1.56 bits per heavy atom. The predicted octanol–water partition coefficient (Wildman–Crippen LogP) is 9.28. The summed E-state index contributed by atoms with van der Waals surface area (Å²) in [4.78, 5) is 2.43. The molecule has 2 aromatic carbocycles. The van der Waals surface area contributed by atoms with Crippen molar-refractivity contribution in [1.29, 1.82) is 0 Å². The third-order valence-electron chi connectivity index (χ3n) is 6.26. The van der Waals surface area contributed by atoms with Crippen molar-refractivity contribution >= 4 is 51.7 Å². The quantitative estimate of drug-likeness (QED) is 0.180. The van der Waals surface area contributed by atoms with E-state index in [1.165, 1.54) is 74.2 Å². The second-order valence-electron chi connectivity index (χ2n) is 8.86. The molecular formula is C29H39NSSn. The van der Waals surface area contributed by atoms with Gasteiger partial charge in [-0.05, 0) is 0 Å². The van der Waals surface area contributed by atoms with E-state index in [-0.39, 0.29) is 0 Å². The Kier molecular flexibility index (Phi) is 10.7. The molecule has 0 saturated heterocycles. The second-order valence-corrected chi connectivity index (χ2v) is 16.2. The molecule has 0 fully saturated rings. The SMILES string of the molecule is CCCC[C](CCCC)(CCCC)[Sn][c]1ccc(N(c2ccccc2)c2ccccc2)s1. The van der Waals surface area contributed by atoms with Crippen LogP contribution in [0.4, 0.5) is 16.4 Å². The number of unbranched alkanes of at least 4 members (excludes halogenated alkanes) is 3. The Bertz CT molecular complexity index is 829. The fourth-order valence-electron chi connectivity index (χ4n) is 4.44. The van der Waals surface area contributed by atoms with Crippen molar-refractivity contribution < 1.29 is 0 Å². The average Bonchev–Trinajstić information content (AvgIpc) is 3.29. The van der Waals surface area contributed by atoms with Crippen LogP contribution in [0.25, 0.3) is 0 Å². The van der Waals surface area contributed by atoms with Crippen molar-refractivity contribution in [3.63, 3.8) is 0 Å². The summed E-state index contributed by atoms with van der Waals surface area (Å²) < 4.78 is 2.35. The van der Waals surface area contributed by atoms with Crippen LogP contribution in [-0.2, 0) is 0 Å². The molecule has 3 rings (SSSR count). The van der Waals surface area contributed by atoms with Crippen LogP contribution in [0, 0.1) is 0 Å². The summed E-state index contributed by atoms with van der Waals surface area (Å²) in [6.45, 7) is 7.07. The van der Waals surface area contributed by atoms with E-state index in [0.29, 0.717) is 3.43 Å². The van der Waals surface area contributed by atoms with E-state index in [4.69, 9.17) is 0 Å². The van der Waals surface area contributed by atoms with Crippen molar-refractivity contribution in [1.82, 2.24) is 0 Å². The van der Waals surface area contributed by atoms with Gasteiger partial charge in [-0.2, -0.15) is 0 Å². The Labute approximate surface area is 210 Å². The molecule has 0 unspecified atom stereocenters. The number of nitrogens with zero attached hydrogens (tertiary/aromatic N) is 1. The van der Waals surface area contributed by atoms with Gasteiger partial charge < -0.3 is 0 Å². The van der Waals surface area contributed by atoms with Crippen LogP contribution in [0.3, 0.4) is 0 Å². The summed E-state index contributed by atoms with van der Waals surface area (Å²) in [5.74, 6) is 0. The first-order valence-electron chi connectivity index (χ1n) is 12.5. The van der Waals surface area contributed by atoms with Gasteiger partial charge in [0.15, 0.2) is 0 Å². The van der Waals surface area contributed by atoms with Crippen LogP contribution >= 0.6 is 11.3 Å². The minimum absolute atomic E-state index is 0.637. The van der Waals surface area contributed by atoms with Crippen molar-refractivity contribution in [3.05, 3.63) is 72.8 Å². The molecule has 3 heteroatoms. The zero-order valence-electron chi connectivity index (χ0n) is 20.1. The molecule has 32 heavy (non-hydrogen) atoms. The zero-order valence-corrected chi connectivity index (χ0v) is 23.8. The van der Waals surface area contributed by atoms with Gasteiger partial charge in [-0.25, -0.2) is 0 Å². The van der Waals surface area contributed by atoms with E-state index in [2.05, 4.69) is 110 Å². The molecule has 1 heterocycles. The topological polar surface area (TPSA) is 3.24 Å². The summed E-state index contributed by atoms with van der Waals surface area (Å²) in [6, 6.07) is 26.5. The molecule has 1 nitrogen and oxygen atoms in total. The molecular weight excluding hydrogens is 513 g/mol. The van der Waals surface area contributed by atoms with Gasteiger partial charge in [0.25, 0.3) is 0 Å². The molecule has 1 aromatic heterocycles. The number of hydrogen-bond acceptors (Lipinski definition) is 2. The van der Waals surface area contributed by atoms with Crippen LogP contribution in [0.2, 0.25) is 3.43 Å². The minimum atomic E-state index is -0.697. The van der Waals surface area contributed by atoms with E-state index in [1.807, 2.05) is 0 Å². The fraction of sp³-hybridized carbons (Fsp3) is 0.448. The maximum atomic E-state index is 2.48. The van der Waals surface area contributed by atoms with Crippen LogP contribution < -0.4 is 7.79 Å². The fourth-order valence-corrected chi connectivity index (χ4v) is 12.6. The third kappa shape index (κ3) is 7.12. The number of benzene rings is 2. The Balaban J connectivity index is 1.90. The molecule has 0 N–H and O–H groups in total. The standard InChI is InChI=1S/C16H12NS.C13H27.Sn/c1-3-8-14(9-4-1)17(16-12-7-13-18-16)15-10-5-2-6-11-15;1-4-7-10-13(11-8-5-2)12-9-6-3;/h1-12H;4-12H2,1-3H3;. The molecule has 0 saturated carbocycles. The molecule has 0 amide bonds. The third-order valence-corrected chi connectivity index (χ3v) is 13.5. The Morgan fingerprint density at radius 1 is 0.656 bits per heavy atom. The van der Waals surface area contributed by atoms with Crippen molar-refractivity contribution in [2.75, 3.05) is 4.90 Å². The Hall–Kier alpha value is -1.26. The number of rotatable bonds is 14. The predicted molar refractivity (Wildman–Crippen MR) is 146 cm³/mol. The molecule has 2 radical (unpaired) electrons. The molecule has 170 valence electrons. The summed E-state index contributed by atoms with van der Waals surface area (Å²) >= 11 is 1.36. The molecule has 3 aromatic rings. The molecule has 0 bridgehead atoms. The first-order valence-corrected chi connectivity index (χ1v) is 16.2. The molecule has 0 aliphatic rings. The van der Waals surface area contributed by atoms with Gasteiger partial charge in [0.1, 0.15) is 0 Å². The zero-order chi connectivity index (χ0) is 22.7. The second kappa shape index (κ2) is 13.4. The first kappa shape index (κ1) is 25.4.